The van der Waals surface area contributed by atoms with E-state index in [1.165, 1.54) is 5.56 Å². The average Bonchev–Trinajstić information content (AvgIpc) is 2.50. The molecule has 0 spiro atoms. The molecule has 3 heteroatoms. The lowest BCUT2D eigenvalue weighted by atomic mass is 10.1. The summed E-state index contributed by atoms with van der Waals surface area (Å²) in [5.74, 6) is 0.231. The summed E-state index contributed by atoms with van der Waals surface area (Å²) in [5, 5.41) is 12.0. The highest BCUT2D eigenvalue weighted by Gasteiger charge is 2.02. The molecule has 0 saturated carbocycles. The van der Waals surface area contributed by atoms with Crippen molar-refractivity contribution >= 4 is 11.6 Å². The normalized spacial score (nSPS) is 10.3. The fraction of sp³-hybridized carbons (Fsp3) is 0.278. The fourth-order valence-corrected chi connectivity index (χ4v) is 2.20. The van der Waals surface area contributed by atoms with Crippen LogP contribution in [0.1, 0.15) is 31.2 Å². The van der Waals surface area contributed by atoms with Gasteiger partial charge in [0.2, 0.25) is 5.91 Å². The zero-order chi connectivity index (χ0) is 14.9. The van der Waals surface area contributed by atoms with E-state index in [-0.39, 0.29) is 11.7 Å². The minimum atomic E-state index is 0.0281. The van der Waals surface area contributed by atoms with Gasteiger partial charge in [-0.3, -0.25) is 4.79 Å². The predicted molar refractivity (Wildman–Crippen MR) is 85.4 cm³/mol. The number of carbonyl (C=O) groups excluding carboxylic acids is 1. The van der Waals surface area contributed by atoms with E-state index in [1.54, 1.807) is 24.3 Å². The van der Waals surface area contributed by atoms with E-state index in [4.69, 9.17) is 0 Å². The van der Waals surface area contributed by atoms with Gasteiger partial charge in [0.1, 0.15) is 5.75 Å². The number of carbonyl (C=O) groups is 1. The van der Waals surface area contributed by atoms with Crippen LogP contribution < -0.4 is 5.32 Å². The average molecular weight is 283 g/mol. The Morgan fingerprint density at radius 1 is 0.905 bits per heavy atom. The van der Waals surface area contributed by atoms with Crippen molar-refractivity contribution in [3.63, 3.8) is 0 Å². The molecule has 0 heterocycles. The van der Waals surface area contributed by atoms with Gasteiger partial charge >= 0.3 is 0 Å². The highest BCUT2D eigenvalue weighted by molar-refractivity contribution is 5.90. The zero-order valence-corrected chi connectivity index (χ0v) is 12.1. The number of phenolic OH excluding ortho intramolecular Hbond substituents is 1. The van der Waals surface area contributed by atoms with Crippen LogP contribution >= 0.6 is 0 Å². The lowest BCUT2D eigenvalue weighted by Gasteiger charge is -2.05. The number of unbranched alkanes of at least 4 members (excludes halogenated alkanes) is 2. The van der Waals surface area contributed by atoms with Gasteiger partial charge in [-0.05, 0) is 49.1 Å². The van der Waals surface area contributed by atoms with Gasteiger partial charge < -0.3 is 10.4 Å². The minimum Gasteiger partial charge on any atom is -0.508 e. The van der Waals surface area contributed by atoms with Gasteiger partial charge in [-0.25, -0.2) is 0 Å². The molecular formula is C18H21NO2. The first-order chi connectivity index (χ1) is 10.2. The maximum atomic E-state index is 11.8. The van der Waals surface area contributed by atoms with Gasteiger partial charge in [0, 0.05) is 12.1 Å². The Bertz CT molecular complexity index is 549. The number of hydrogen-bond donors (Lipinski definition) is 2. The number of aromatic hydroxyl groups is 1. The Balaban J connectivity index is 1.60. The molecule has 2 rings (SSSR count). The lowest BCUT2D eigenvalue weighted by molar-refractivity contribution is -0.116. The molecule has 0 aliphatic heterocycles. The molecule has 0 unspecified atom stereocenters. The van der Waals surface area contributed by atoms with Crippen molar-refractivity contribution in [2.45, 2.75) is 32.1 Å². The van der Waals surface area contributed by atoms with Crippen molar-refractivity contribution in [2.24, 2.45) is 0 Å². The quantitative estimate of drug-likeness (QED) is 0.593. The fourth-order valence-electron chi connectivity index (χ4n) is 2.20. The molecule has 0 radical (unpaired) electrons. The Hall–Kier alpha value is -2.29. The molecule has 0 saturated heterocycles. The molecule has 0 fully saturated rings. The number of anilines is 1. The van der Waals surface area contributed by atoms with E-state index in [0.29, 0.717) is 6.42 Å². The van der Waals surface area contributed by atoms with E-state index in [9.17, 15) is 9.90 Å². The van der Waals surface area contributed by atoms with Crippen LogP contribution in [0.25, 0.3) is 0 Å². The highest BCUT2D eigenvalue weighted by atomic mass is 16.3. The third-order valence-electron chi connectivity index (χ3n) is 3.36. The largest absolute Gasteiger partial charge is 0.508 e. The first kappa shape index (κ1) is 15.1. The van der Waals surface area contributed by atoms with Crippen molar-refractivity contribution in [1.82, 2.24) is 0 Å². The Labute approximate surface area is 125 Å². The van der Waals surface area contributed by atoms with Crippen LogP contribution in [0, 0.1) is 0 Å². The molecule has 3 nitrogen and oxygen atoms in total. The standard InChI is InChI=1S/C18H21NO2/c20-17-13-11-16(12-14-17)19-18(21)10-6-2-5-9-15-7-3-1-4-8-15/h1,3-4,7-8,11-14,20H,2,5-6,9-10H2,(H,19,21). The third kappa shape index (κ3) is 5.69. The van der Waals surface area contributed by atoms with Gasteiger partial charge in [-0.15, -0.1) is 0 Å². The van der Waals surface area contributed by atoms with Crippen LogP contribution in [0.2, 0.25) is 0 Å². The molecule has 2 aromatic rings. The Kier molecular flexibility index (Phi) is 5.83. The molecule has 0 aromatic heterocycles. The van der Waals surface area contributed by atoms with Crippen LogP contribution in [0.3, 0.4) is 0 Å². The molecular weight excluding hydrogens is 262 g/mol. The maximum Gasteiger partial charge on any atom is 0.224 e. The molecule has 2 N–H and O–H groups in total. The first-order valence-corrected chi connectivity index (χ1v) is 7.37. The van der Waals surface area contributed by atoms with Gasteiger partial charge in [0.25, 0.3) is 0 Å². The monoisotopic (exact) mass is 283 g/mol. The summed E-state index contributed by atoms with van der Waals surface area (Å²) in [6, 6.07) is 16.9. The van der Waals surface area contributed by atoms with Crippen molar-refractivity contribution < 1.29 is 9.90 Å². The molecule has 110 valence electrons. The van der Waals surface area contributed by atoms with E-state index >= 15 is 0 Å². The van der Waals surface area contributed by atoms with E-state index in [1.807, 2.05) is 6.07 Å². The number of aryl methyl sites for hydroxylation is 1. The second kappa shape index (κ2) is 8.10. The number of benzene rings is 2. The van der Waals surface area contributed by atoms with Gasteiger partial charge in [0.05, 0.1) is 0 Å². The second-order valence-corrected chi connectivity index (χ2v) is 5.14. The Morgan fingerprint density at radius 3 is 2.33 bits per heavy atom. The molecule has 0 aliphatic carbocycles. The summed E-state index contributed by atoms with van der Waals surface area (Å²) in [6.07, 6.45) is 4.67. The third-order valence-corrected chi connectivity index (χ3v) is 3.36. The molecule has 0 aliphatic rings. The summed E-state index contributed by atoms with van der Waals surface area (Å²) >= 11 is 0. The number of rotatable bonds is 7. The van der Waals surface area contributed by atoms with Crippen LogP contribution in [0.5, 0.6) is 5.75 Å². The smallest absolute Gasteiger partial charge is 0.224 e. The van der Waals surface area contributed by atoms with Crippen LogP contribution in [-0.4, -0.2) is 11.0 Å². The molecule has 0 bridgehead atoms. The number of nitrogens with one attached hydrogen (secondary N) is 1. The van der Waals surface area contributed by atoms with Crippen LogP contribution in [0.4, 0.5) is 5.69 Å². The van der Waals surface area contributed by atoms with Crippen LogP contribution in [-0.2, 0) is 11.2 Å². The Morgan fingerprint density at radius 2 is 1.62 bits per heavy atom. The van der Waals surface area contributed by atoms with Crippen LogP contribution in [0.15, 0.2) is 54.6 Å². The molecule has 2 aromatic carbocycles. The molecule has 0 atom stereocenters. The number of phenols is 1. The molecule has 1 amide bonds. The second-order valence-electron chi connectivity index (χ2n) is 5.14. The SMILES string of the molecule is O=C(CCCCCc1ccccc1)Nc1ccc(O)cc1. The summed E-state index contributed by atoms with van der Waals surface area (Å²) in [4.78, 5) is 11.8. The topological polar surface area (TPSA) is 49.3 Å². The first-order valence-electron chi connectivity index (χ1n) is 7.37. The van der Waals surface area contributed by atoms with E-state index in [0.717, 1.165) is 31.4 Å². The van der Waals surface area contributed by atoms with Crippen molar-refractivity contribution in [3.8, 4) is 5.75 Å². The molecule has 21 heavy (non-hydrogen) atoms. The summed E-state index contributed by atoms with van der Waals surface area (Å²) < 4.78 is 0. The summed E-state index contributed by atoms with van der Waals surface area (Å²) in [7, 11) is 0. The zero-order valence-electron chi connectivity index (χ0n) is 12.1. The summed E-state index contributed by atoms with van der Waals surface area (Å²) in [6.45, 7) is 0. The minimum absolute atomic E-state index is 0.0281. The van der Waals surface area contributed by atoms with Crippen molar-refractivity contribution in [2.75, 3.05) is 5.32 Å². The summed E-state index contributed by atoms with van der Waals surface area (Å²) in [5.41, 5.74) is 2.08. The highest BCUT2D eigenvalue weighted by Crippen LogP contribution is 2.14. The van der Waals surface area contributed by atoms with Gasteiger partial charge in [-0.1, -0.05) is 36.8 Å². The number of amides is 1. The van der Waals surface area contributed by atoms with Gasteiger partial charge in [-0.2, -0.15) is 0 Å². The predicted octanol–water partition coefficient (Wildman–Crippen LogP) is 4.13. The maximum absolute atomic E-state index is 11.8. The van der Waals surface area contributed by atoms with Crippen molar-refractivity contribution in [1.29, 1.82) is 0 Å². The lowest BCUT2D eigenvalue weighted by Crippen LogP contribution is -2.10. The number of hydrogen-bond acceptors (Lipinski definition) is 2. The van der Waals surface area contributed by atoms with Crippen molar-refractivity contribution in [3.05, 3.63) is 60.2 Å². The van der Waals surface area contributed by atoms with E-state index < -0.39 is 0 Å². The van der Waals surface area contributed by atoms with Gasteiger partial charge in [0.15, 0.2) is 0 Å². The van der Waals surface area contributed by atoms with E-state index in [2.05, 4.69) is 29.6 Å².